The van der Waals surface area contributed by atoms with E-state index in [1.807, 2.05) is 0 Å². The lowest BCUT2D eigenvalue weighted by Gasteiger charge is -2.49. The standard InChI is InChI=1S/C53H63BN2O/c1-32-26-43-46-44(27-32)56(36-17-15-16-33(28-36)49(2,3)4)47-38-29-34(50(5,6)7)19-23-45(38)57-48(47)54(46)41-30-35(51(8,9)10)18-22-42(41)55(43)37-20-21-39-40(31-37)53(13,14)25-24-52(39,11)12/h15-23,26-31,47-48H,24-25H2,1-14H3. The van der Waals surface area contributed by atoms with Crippen LogP contribution in [0.1, 0.15) is 148 Å². The molecule has 0 saturated carbocycles. The summed E-state index contributed by atoms with van der Waals surface area (Å²) in [5.74, 6) is 1.01. The Morgan fingerprint density at radius 1 is 0.596 bits per heavy atom. The average Bonchev–Trinajstić information content (AvgIpc) is 3.50. The third-order valence-electron chi connectivity index (χ3n) is 14.0. The maximum absolute atomic E-state index is 7.39. The first-order valence-corrected chi connectivity index (χ1v) is 21.5. The van der Waals surface area contributed by atoms with Crippen LogP contribution in [0, 0.1) is 6.92 Å². The van der Waals surface area contributed by atoms with Crippen molar-refractivity contribution in [2.75, 3.05) is 9.80 Å². The zero-order valence-electron chi connectivity index (χ0n) is 37.1. The van der Waals surface area contributed by atoms with E-state index in [1.165, 1.54) is 91.1 Å². The van der Waals surface area contributed by atoms with Crippen LogP contribution in [0.25, 0.3) is 0 Å². The summed E-state index contributed by atoms with van der Waals surface area (Å²) < 4.78 is 7.39. The fourth-order valence-corrected chi connectivity index (χ4v) is 10.4. The molecule has 0 saturated heterocycles. The molecule has 3 nitrogen and oxygen atoms in total. The molecule has 0 radical (unpaired) electrons. The molecule has 57 heavy (non-hydrogen) atoms. The van der Waals surface area contributed by atoms with E-state index in [9.17, 15) is 0 Å². The number of aryl methyl sites for hydroxylation is 1. The molecule has 5 aromatic carbocycles. The van der Waals surface area contributed by atoms with Crippen LogP contribution in [0.4, 0.5) is 28.4 Å². The first-order chi connectivity index (χ1) is 26.5. The molecule has 3 heterocycles. The van der Waals surface area contributed by atoms with Gasteiger partial charge in [-0.2, -0.15) is 0 Å². The third-order valence-corrected chi connectivity index (χ3v) is 14.0. The number of anilines is 5. The first-order valence-electron chi connectivity index (χ1n) is 21.5. The van der Waals surface area contributed by atoms with Crippen molar-refractivity contribution in [3.63, 3.8) is 0 Å². The molecule has 1 aliphatic carbocycles. The minimum absolute atomic E-state index is 0.00543. The lowest BCUT2D eigenvalue weighted by atomic mass is 9.32. The van der Waals surface area contributed by atoms with Crippen molar-refractivity contribution in [1.82, 2.24) is 0 Å². The molecule has 0 aromatic heterocycles. The van der Waals surface area contributed by atoms with Crippen molar-refractivity contribution in [2.24, 2.45) is 0 Å². The van der Waals surface area contributed by atoms with Gasteiger partial charge in [0.2, 0.25) is 0 Å². The molecule has 4 heteroatoms. The third kappa shape index (κ3) is 5.98. The molecule has 294 valence electrons. The molecule has 9 rings (SSSR count). The molecule has 2 atom stereocenters. The number of fused-ring (bicyclic) bond motifs is 7. The van der Waals surface area contributed by atoms with Gasteiger partial charge in [-0.05, 0) is 146 Å². The van der Waals surface area contributed by atoms with Gasteiger partial charge in [-0.25, -0.2) is 0 Å². The molecule has 0 amide bonds. The Bertz CT molecular complexity index is 2450. The number of ether oxygens (including phenoxy) is 1. The lowest BCUT2D eigenvalue weighted by molar-refractivity contribution is 0.282. The largest absolute Gasteiger partial charge is 0.495 e. The Morgan fingerprint density at radius 2 is 1.21 bits per heavy atom. The first kappa shape index (κ1) is 38.1. The van der Waals surface area contributed by atoms with Crippen LogP contribution in [-0.4, -0.2) is 12.7 Å². The van der Waals surface area contributed by atoms with Gasteiger partial charge in [0.1, 0.15) is 11.8 Å². The van der Waals surface area contributed by atoms with Crippen molar-refractivity contribution in [3.8, 4) is 5.75 Å². The predicted octanol–water partition coefficient (Wildman–Crippen LogP) is 12.8. The van der Waals surface area contributed by atoms with Gasteiger partial charge in [0.05, 0.1) is 6.04 Å². The van der Waals surface area contributed by atoms with Crippen molar-refractivity contribution < 1.29 is 4.74 Å². The fourth-order valence-electron chi connectivity index (χ4n) is 10.4. The van der Waals surface area contributed by atoms with Crippen LogP contribution in [0.5, 0.6) is 5.75 Å². The van der Waals surface area contributed by atoms with E-state index in [1.54, 1.807) is 0 Å². The van der Waals surface area contributed by atoms with Crippen LogP contribution in [-0.2, 0) is 27.1 Å². The molecular weight excluding hydrogens is 691 g/mol. The average molecular weight is 755 g/mol. The lowest BCUT2D eigenvalue weighted by Crippen LogP contribution is -2.65. The second-order valence-electron chi connectivity index (χ2n) is 22.3. The summed E-state index contributed by atoms with van der Waals surface area (Å²) >= 11 is 0. The minimum atomic E-state index is -0.123. The highest BCUT2D eigenvalue weighted by molar-refractivity contribution is 6.91. The Balaban J connectivity index is 1.36. The van der Waals surface area contributed by atoms with Crippen LogP contribution in [0.2, 0.25) is 0 Å². The number of hydrogen-bond donors (Lipinski definition) is 0. The normalized spacial score (nSPS) is 20.3. The summed E-state index contributed by atoms with van der Waals surface area (Å²) in [4.78, 5) is 5.27. The maximum atomic E-state index is 7.39. The van der Waals surface area contributed by atoms with Gasteiger partial charge in [-0.1, -0.05) is 126 Å². The summed E-state index contributed by atoms with van der Waals surface area (Å²) in [5.41, 5.74) is 18.8. The molecule has 0 fully saturated rings. The van der Waals surface area contributed by atoms with Crippen molar-refractivity contribution in [1.29, 1.82) is 0 Å². The fraction of sp³-hybridized carbons (Fsp3) is 0.434. The number of nitrogens with zero attached hydrogens (tertiary/aromatic N) is 2. The summed E-state index contributed by atoms with van der Waals surface area (Å²) in [6.07, 6.45) is 2.39. The van der Waals surface area contributed by atoms with Gasteiger partial charge in [-0.3, -0.25) is 0 Å². The minimum Gasteiger partial charge on any atom is -0.495 e. The van der Waals surface area contributed by atoms with Crippen molar-refractivity contribution in [3.05, 3.63) is 130 Å². The zero-order chi connectivity index (χ0) is 40.8. The summed E-state index contributed by atoms with van der Waals surface area (Å²) in [5, 5.41) is 0. The van der Waals surface area contributed by atoms with Gasteiger partial charge in [0, 0.05) is 34.0 Å². The molecule has 0 bridgehead atoms. The van der Waals surface area contributed by atoms with E-state index < -0.39 is 0 Å². The van der Waals surface area contributed by atoms with E-state index in [2.05, 4.69) is 198 Å². The highest BCUT2D eigenvalue weighted by atomic mass is 16.5. The second kappa shape index (κ2) is 12.3. The van der Waals surface area contributed by atoms with E-state index >= 15 is 0 Å². The number of hydrogen-bond acceptors (Lipinski definition) is 3. The monoisotopic (exact) mass is 755 g/mol. The summed E-state index contributed by atoms with van der Waals surface area (Å²) in [6.45, 7) is 33.0. The maximum Gasteiger partial charge on any atom is 0.267 e. The molecule has 0 spiro atoms. The Labute approximate surface area is 343 Å². The Kier molecular flexibility index (Phi) is 8.22. The van der Waals surface area contributed by atoms with Gasteiger partial charge in [-0.15, -0.1) is 0 Å². The predicted molar refractivity (Wildman–Crippen MR) is 244 cm³/mol. The highest BCUT2D eigenvalue weighted by Gasteiger charge is 2.55. The highest BCUT2D eigenvalue weighted by Crippen LogP contribution is 2.54. The second-order valence-corrected chi connectivity index (χ2v) is 22.3. The van der Waals surface area contributed by atoms with Crippen LogP contribution >= 0.6 is 0 Å². The van der Waals surface area contributed by atoms with Gasteiger partial charge < -0.3 is 14.5 Å². The van der Waals surface area contributed by atoms with Gasteiger partial charge in [0.15, 0.2) is 0 Å². The Hall–Kier alpha value is -4.44. The van der Waals surface area contributed by atoms with Crippen LogP contribution in [0.15, 0.2) is 91.0 Å². The van der Waals surface area contributed by atoms with Gasteiger partial charge in [0.25, 0.3) is 6.71 Å². The molecule has 0 N–H and O–H groups in total. The SMILES string of the molecule is Cc1cc2c3c(c1)N(c1cccc(C(C)(C)C)c1)C1c4cc(C(C)(C)C)ccc4OC1B3c1cc(C(C)(C)C)ccc1N2c1ccc2c(c1)C(C)(C)CCC2(C)C. The van der Waals surface area contributed by atoms with E-state index in [0.29, 0.717) is 0 Å². The van der Waals surface area contributed by atoms with E-state index in [4.69, 9.17) is 4.74 Å². The quantitative estimate of drug-likeness (QED) is 0.167. The molecular formula is C53H63BN2O. The van der Waals surface area contributed by atoms with E-state index in [0.717, 1.165) is 5.75 Å². The summed E-state index contributed by atoms with van der Waals surface area (Å²) in [6, 6.07) is 35.8. The van der Waals surface area contributed by atoms with Crippen molar-refractivity contribution >= 4 is 46.1 Å². The summed E-state index contributed by atoms with van der Waals surface area (Å²) in [7, 11) is 0. The zero-order valence-corrected chi connectivity index (χ0v) is 37.1. The molecule has 5 aromatic rings. The molecule has 2 unspecified atom stereocenters. The molecule has 4 aliphatic rings. The number of rotatable bonds is 2. The topological polar surface area (TPSA) is 15.7 Å². The van der Waals surface area contributed by atoms with E-state index in [-0.39, 0.29) is 45.8 Å². The Morgan fingerprint density at radius 3 is 1.89 bits per heavy atom. The van der Waals surface area contributed by atoms with Crippen molar-refractivity contribution in [2.45, 2.75) is 149 Å². The van der Waals surface area contributed by atoms with Crippen LogP contribution < -0.4 is 25.5 Å². The molecule has 3 aliphatic heterocycles. The smallest absolute Gasteiger partial charge is 0.267 e. The van der Waals surface area contributed by atoms with Crippen LogP contribution in [0.3, 0.4) is 0 Å². The van der Waals surface area contributed by atoms with Gasteiger partial charge >= 0.3 is 0 Å². The number of benzene rings is 5.